The first-order valence-electron chi connectivity index (χ1n) is 5.14. The standard InChI is InChI=1S/C11H13FN2O3/c1-16-3-2-14-9-5-8(13)7(12)4-10(9)17-6-11(14)15/h4-5H,2-3,6,13H2,1H3. The minimum atomic E-state index is -0.551. The average molecular weight is 240 g/mol. The number of rotatable bonds is 3. The first kappa shape index (κ1) is 11.7. The van der Waals surface area contributed by atoms with Crippen molar-refractivity contribution in [2.24, 2.45) is 0 Å². The van der Waals surface area contributed by atoms with E-state index in [0.717, 1.165) is 0 Å². The normalized spacial score (nSPS) is 14.5. The zero-order valence-electron chi connectivity index (χ0n) is 9.40. The van der Waals surface area contributed by atoms with E-state index in [2.05, 4.69) is 0 Å². The molecule has 1 heterocycles. The highest BCUT2D eigenvalue weighted by Crippen LogP contribution is 2.35. The summed E-state index contributed by atoms with van der Waals surface area (Å²) in [6.45, 7) is 0.680. The fourth-order valence-corrected chi connectivity index (χ4v) is 1.67. The van der Waals surface area contributed by atoms with Crippen LogP contribution in [-0.4, -0.2) is 32.8 Å². The van der Waals surface area contributed by atoms with Crippen molar-refractivity contribution < 1.29 is 18.7 Å². The van der Waals surface area contributed by atoms with Crippen molar-refractivity contribution in [1.82, 2.24) is 0 Å². The van der Waals surface area contributed by atoms with E-state index >= 15 is 0 Å². The van der Waals surface area contributed by atoms with Crippen LogP contribution in [0.4, 0.5) is 15.8 Å². The van der Waals surface area contributed by atoms with Crippen molar-refractivity contribution in [2.75, 3.05) is 37.5 Å². The van der Waals surface area contributed by atoms with Crippen LogP contribution < -0.4 is 15.4 Å². The number of carbonyl (C=O) groups is 1. The number of carbonyl (C=O) groups excluding carboxylic acids is 1. The second-order valence-electron chi connectivity index (χ2n) is 3.67. The molecule has 0 bridgehead atoms. The molecule has 6 heteroatoms. The van der Waals surface area contributed by atoms with Crippen LogP contribution in [0.1, 0.15) is 0 Å². The minimum absolute atomic E-state index is 0.00975. The molecule has 1 aliphatic rings. The molecule has 5 nitrogen and oxygen atoms in total. The molecule has 1 amide bonds. The van der Waals surface area contributed by atoms with Crippen LogP contribution in [0.25, 0.3) is 0 Å². The van der Waals surface area contributed by atoms with Gasteiger partial charge in [0.1, 0.15) is 11.6 Å². The maximum Gasteiger partial charge on any atom is 0.265 e. The third kappa shape index (κ3) is 2.16. The molecule has 92 valence electrons. The van der Waals surface area contributed by atoms with Crippen molar-refractivity contribution in [3.63, 3.8) is 0 Å². The van der Waals surface area contributed by atoms with Crippen molar-refractivity contribution in [3.8, 4) is 5.75 Å². The molecule has 0 aliphatic carbocycles. The Morgan fingerprint density at radius 2 is 2.35 bits per heavy atom. The fourth-order valence-electron chi connectivity index (χ4n) is 1.67. The topological polar surface area (TPSA) is 64.8 Å². The summed E-state index contributed by atoms with van der Waals surface area (Å²) in [4.78, 5) is 13.2. The lowest BCUT2D eigenvalue weighted by Gasteiger charge is -2.29. The van der Waals surface area contributed by atoms with Crippen LogP contribution in [0.15, 0.2) is 12.1 Å². The lowest BCUT2D eigenvalue weighted by molar-refractivity contribution is -0.121. The Balaban J connectivity index is 2.36. The van der Waals surface area contributed by atoms with Crippen LogP contribution in [0, 0.1) is 5.82 Å². The summed E-state index contributed by atoms with van der Waals surface area (Å²) in [6.07, 6.45) is 0. The van der Waals surface area contributed by atoms with E-state index in [1.807, 2.05) is 0 Å². The largest absolute Gasteiger partial charge is 0.481 e. The van der Waals surface area contributed by atoms with E-state index in [9.17, 15) is 9.18 Å². The molecule has 0 unspecified atom stereocenters. The summed E-state index contributed by atoms with van der Waals surface area (Å²) in [5, 5.41) is 0. The van der Waals surface area contributed by atoms with E-state index in [4.69, 9.17) is 15.2 Å². The SMILES string of the molecule is COCCN1C(=O)COc2cc(F)c(N)cc21. The van der Waals surface area contributed by atoms with Gasteiger partial charge in [0.2, 0.25) is 0 Å². The summed E-state index contributed by atoms with van der Waals surface area (Å²) >= 11 is 0. The molecular formula is C11H13FN2O3. The molecule has 1 aliphatic heterocycles. The quantitative estimate of drug-likeness (QED) is 0.793. The van der Waals surface area contributed by atoms with Crippen LogP contribution in [0.5, 0.6) is 5.75 Å². The van der Waals surface area contributed by atoms with Gasteiger partial charge in [-0.25, -0.2) is 4.39 Å². The molecule has 1 aromatic rings. The first-order valence-corrected chi connectivity index (χ1v) is 5.14. The maximum absolute atomic E-state index is 13.2. The van der Waals surface area contributed by atoms with Gasteiger partial charge in [0.05, 0.1) is 18.0 Å². The highest BCUT2D eigenvalue weighted by atomic mass is 19.1. The number of hydrogen-bond donors (Lipinski definition) is 1. The van der Waals surface area contributed by atoms with Gasteiger partial charge in [0.25, 0.3) is 5.91 Å². The van der Waals surface area contributed by atoms with E-state index in [0.29, 0.717) is 24.6 Å². The molecule has 0 spiro atoms. The summed E-state index contributed by atoms with van der Waals surface area (Å²) in [7, 11) is 1.55. The molecule has 0 aromatic heterocycles. The zero-order valence-corrected chi connectivity index (χ0v) is 9.40. The Kier molecular flexibility index (Phi) is 3.14. The van der Waals surface area contributed by atoms with Crippen molar-refractivity contribution in [3.05, 3.63) is 17.9 Å². The van der Waals surface area contributed by atoms with Gasteiger partial charge in [0.15, 0.2) is 6.61 Å². The number of nitrogen functional groups attached to an aromatic ring is 1. The van der Waals surface area contributed by atoms with E-state index in [-0.39, 0.29) is 18.2 Å². The van der Waals surface area contributed by atoms with Crippen molar-refractivity contribution >= 4 is 17.3 Å². The lowest BCUT2D eigenvalue weighted by atomic mass is 10.2. The van der Waals surface area contributed by atoms with Gasteiger partial charge in [-0.15, -0.1) is 0 Å². The van der Waals surface area contributed by atoms with E-state index in [1.165, 1.54) is 17.0 Å². The number of fused-ring (bicyclic) bond motifs is 1. The fraction of sp³-hybridized carbons (Fsp3) is 0.364. The second-order valence-corrected chi connectivity index (χ2v) is 3.67. The van der Waals surface area contributed by atoms with Crippen LogP contribution in [0.2, 0.25) is 0 Å². The van der Waals surface area contributed by atoms with Gasteiger partial charge in [0, 0.05) is 19.7 Å². The first-order chi connectivity index (χ1) is 8.13. The summed E-state index contributed by atoms with van der Waals surface area (Å²) in [5.41, 5.74) is 5.95. The Labute approximate surface area is 97.9 Å². The number of amides is 1. The van der Waals surface area contributed by atoms with Crippen molar-refractivity contribution in [2.45, 2.75) is 0 Å². The van der Waals surface area contributed by atoms with E-state index in [1.54, 1.807) is 7.11 Å². The summed E-state index contributed by atoms with van der Waals surface area (Å²) in [6, 6.07) is 2.59. The Bertz CT molecular complexity index is 451. The molecule has 17 heavy (non-hydrogen) atoms. The molecule has 0 radical (unpaired) electrons. The number of halogens is 1. The number of hydrogen-bond acceptors (Lipinski definition) is 4. The number of nitrogens with zero attached hydrogens (tertiary/aromatic N) is 1. The third-order valence-electron chi connectivity index (χ3n) is 2.54. The third-order valence-corrected chi connectivity index (χ3v) is 2.54. The number of benzene rings is 1. The highest BCUT2D eigenvalue weighted by Gasteiger charge is 2.26. The number of methoxy groups -OCH3 is 1. The molecule has 0 fully saturated rings. The number of ether oxygens (including phenoxy) is 2. The minimum Gasteiger partial charge on any atom is -0.481 e. The zero-order chi connectivity index (χ0) is 12.4. The van der Waals surface area contributed by atoms with E-state index < -0.39 is 5.82 Å². The number of nitrogens with two attached hydrogens (primary N) is 1. The van der Waals surface area contributed by atoms with Gasteiger partial charge in [-0.3, -0.25) is 4.79 Å². The van der Waals surface area contributed by atoms with Gasteiger partial charge in [-0.1, -0.05) is 0 Å². The monoisotopic (exact) mass is 240 g/mol. The van der Waals surface area contributed by atoms with Crippen molar-refractivity contribution in [1.29, 1.82) is 0 Å². The predicted molar refractivity (Wildman–Crippen MR) is 60.5 cm³/mol. The molecule has 2 N–H and O–H groups in total. The van der Waals surface area contributed by atoms with Crippen LogP contribution >= 0.6 is 0 Å². The van der Waals surface area contributed by atoms with Gasteiger partial charge >= 0.3 is 0 Å². The Morgan fingerprint density at radius 1 is 1.59 bits per heavy atom. The van der Waals surface area contributed by atoms with Gasteiger partial charge in [-0.2, -0.15) is 0 Å². The second kappa shape index (κ2) is 4.58. The Morgan fingerprint density at radius 3 is 3.06 bits per heavy atom. The van der Waals surface area contributed by atoms with Gasteiger partial charge < -0.3 is 20.1 Å². The predicted octanol–water partition coefficient (Wildman–Crippen LogP) is 0.780. The summed E-state index contributed by atoms with van der Waals surface area (Å²) < 4.78 is 23.3. The molecule has 1 aromatic carbocycles. The lowest BCUT2D eigenvalue weighted by Crippen LogP contribution is -2.40. The molecule has 0 saturated heterocycles. The number of anilines is 2. The molecule has 2 rings (SSSR count). The van der Waals surface area contributed by atoms with Gasteiger partial charge in [-0.05, 0) is 6.07 Å². The van der Waals surface area contributed by atoms with Crippen LogP contribution in [-0.2, 0) is 9.53 Å². The smallest absolute Gasteiger partial charge is 0.265 e. The maximum atomic E-state index is 13.2. The molecule has 0 saturated carbocycles. The Hall–Kier alpha value is -1.82. The average Bonchev–Trinajstić information content (AvgIpc) is 2.30. The van der Waals surface area contributed by atoms with Crippen LogP contribution in [0.3, 0.4) is 0 Å². The molecule has 0 atom stereocenters. The molecular weight excluding hydrogens is 227 g/mol. The summed E-state index contributed by atoms with van der Waals surface area (Å²) in [5.74, 6) is -0.419. The highest BCUT2D eigenvalue weighted by molar-refractivity contribution is 5.98.